The third kappa shape index (κ3) is 5.40. The van der Waals surface area contributed by atoms with Crippen LogP contribution in [0.5, 0.6) is 0 Å². The predicted octanol–water partition coefficient (Wildman–Crippen LogP) is 4.66. The quantitative estimate of drug-likeness (QED) is 0.558. The van der Waals surface area contributed by atoms with E-state index < -0.39 is 0 Å². The van der Waals surface area contributed by atoms with Gasteiger partial charge in [-0.25, -0.2) is 4.98 Å². The minimum absolute atomic E-state index is 0.0783. The third-order valence-electron chi connectivity index (χ3n) is 5.22. The van der Waals surface area contributed by atoms with Gasteiger partial charge in [-0.3, -0.25) is 14.8 Å². The second kappa shape index (κ2) is 9.78. The molecule has 0 bridgehead atoms. The van der Waals surface area contributed by atoms with E-state index >= 15 is 0 Å². The molecule has 3 heterocycles. The molecule has 3 aromatic rings. The number of carbonyl (C=O) groups is 1. The first-order chi connectivity index (χ1) is 14.7. The van der Waals surface area contributed by atoms with Crippen molar-refractivity contribution in [2.75, 3.05) is 18.5 Å². The van der Waals surface area contributed by atoms with E-state index in [1.807, 2.05) is 30.3 Å². The molecule has 0 spiro atoms. The van der Waals surface area contributed by atoms with Gasteiger partial charge in [0, 0.05) is 42.7 Å². The summed E-state index contributed by atoms with van der Waals surface area (Å²) in [5, 5.41) is 3.96. The van der Waals surface area contributed by atoms with E-state index in [0.29, 0.717) is 16.6 Å². The zero-order valence-electron chi connectivity index (χ0n) is 16.6. The van der Waals surface area contributed by atoms with Crippen molar-refractivity contribution in [1.82, 2.24) is 15.0 Å². The smallest absolute Gasteiger partial charge is 0.187 e. The largest absolute Gasteiger partial charge is 0.381 e. The van der Waals surface area contributed by atoms with Crippen LogP contribution in [0.3, 0.4) is 0 Å². The monoisotopic (exact) mass is 422 g/mol. The van der Waals surface area contributed by atoms with Gasteiger partial charge in [-0.1, -0.05) is 11.6 Å². The number of carbonyl (C=O) groups excluding carboxylic acids is 1. The van der Waals surface area contributed by atoms with Crippen molar-refractivity contribution in [3.8, 4) is 0 Å². The second-order valence-electron chi connectivity index (χ2n) is 7.42. The molecule has 30 heavy (non-hydrogen) atoms. The van der Waals surface area contributed by atoms with Crippen LogP contribution in [0, 0.1) is 5.92 Å². The predicted molar refractivity (Wildman–Crippen MR) is 116 cm³/mol. The van der Waals surface area contributed by atoms with Gasteiger partial charge in [0.05, 0.1) is 23.8 Å². The average Bonchev–Trinajstić information content (AvgIpc) is 2.78. The van der Waals surface area contributed by atoms with Crippen molar-refractivity contribution < 1.29 is 9.53 Å². The Kier molecular flexibility index (Phi) is 6.67. The first-order valence-corrected chi connectivity index (χ1v) is 10.4. The molecular formula is C23H23ClN4O2. The summed E-state index contributed by atoms with van der Waals surface area (Å²) >= 11 is 5.94. The van der Waals surface area contributed by atoms with Gasteiger partial charge in [0.1, 0.15) is 5.69 Å². The lowest BCUT2D eigenvalue weighted by molar-refractivity contribution is 0.0662. The number of halogens is 1. The molecule has 1 aliphatic rings. The number of hydrogen-bond acceptors (Lipinski definition) is 6. The maximum atomic E-state index is 12.8. The molecule has 0 aliphatic carbocycles. The van der Waals surface area contributed by atoms with Crippen molar-refractivity contribution in [2.45, 2.75) is 25.7 Å². The molecule has 0 atom stereocenters. The van der Waals surface area contributed by atoms with Gasteiger partial charge in [0.2, 0.25) is 0 Å². The summed E-state index contributed by atoms with van der Waals surface area (Å²) in [6, 6.07) is 9.21. The van der Waals surface area contributed by atoms with Crippen LogP contribution in [0.25, 0.3) is 0 Å². The highest BCUT2D eigenvalue weighted by Gasteiger charge is 2.16. The number of hydrogen-bond donors (Lipinski definition) is 1. The molecule has 0 radical (unpaired) electrons. The highest BCUT2D eigenvalue weighted by atomic mass is 35.5. The maximum absolute atomic E-state index is 12.8. The normalized spacial score (nSPS) is 14.4. The Morgan fingerprint density at radius 1 is 1.07 bits per heavy atom. The summed E-state index contributed by atoms with van der Waals surface area (Å²) in [5.74, 6) is 0.499. The van der Waals surface area contributed by atoms with E-state index in [1.165, 1.54) is 0 Å². The van der Waals surface area contributed by atoms with E-state index in [0.717, 1.165) is 55.1 Å². The summed E-state index contributed by atoms with van der Waals surface area (Å²) in [4.78, 5) is 25.8. The summed E-state index contributed by atoms with van der Waals surface area (Å²) in [6.45, 7) is 1.62. The lowest BCUT2D eigenvalue weighted by Crippen LogP contribution is -2.18. The van der Waals surface area contributed by atoms with Crippen molar-refractivity contribution in [3.05, 3.63) is 77.1 Å². The number of nitrogens with one attached hydrogen (secondary N) is 1. The Morgan fingerprint density at radius 2 is 1.87 bits per heavy atom. The standard InChI is InChI=1S/C23H23ClN4O2/c24-18-1-3-19(4-2-18)28-21-14-25-8-5-17(21)12-23(29)22-15-26-20(13-27-22)11-16-6-9-30-10-7-16/h1-5,8,13-16,28H,6-7,9-12H2. The Bertz CT molecular complexity index is 987. The SMILES string of the molecule is O=C(Cc1ccncc1Nc1ccc(Cl)cc1)c1cnc(CC2CCOCC2)cn1. The molecule has 1 saturated heterocycles. The fourth-order valence-corrected chi connectivity index (χ4v) is 3.62. The van der Waals surface area contributed by atoms with Crippen molar-refractivity contribution in [2.24, 2.45) is 5.92 Å². The van der Waals surface area contributed by atoms with E-state index in [1.54, 1.807) is 24.8 Å². The second-order valence-corrected chi connectivity index (χ2v) is 7.85. The van der Waals surface area contributed by atoms with E-state index in [-0.39, 0.29) is 12.2 Å². The topological polar surface area (TPSA) is 77.0 Å². The molecule has 1 N–H and O–H groups in total. The van der Waals surface area contributed by atoms with E-state index in [4.69, 9.17) is 16.3 Å². The molecule has 7 heteroatoms. The van der Waals surface area contributed by atoms with Gasteiger partial charge in [-0.15, -0.1) is 0 Å². The number of Topliss-reactive ketones (excluding diaryl/α,β-unsaturated/α-hetero) is 1. The number of benzene rings is 1. The molecule has 0 unspecified atom stereocenters. The first kappa shape index (κ1) is 20.4. The van der Waals surface area contributed by atoms with Crippen LogP contribution in [0.2, 0.25) is 5.02 Å². The Morgan fingerprint density at radius 3 is 2.60 bits per heavy atom. The minimum Gasteiger partial charge on any atom is -0.381 e. The van der Waals surface area contributed by atoms with E-state index in [2.05, 4.69) is 20.3 Å². The molecule has 4 rings (SSSR count). The van der Waals surface area contributed by atoms with Crippen LogP contribution in [0.1, 0.15) is 34.6 Å². The molecule has 154 valence electrons. The highest BCUT2D eigenvalue weighted by Crippen LogP contribution is 2.23. The lowest BCUT2D eigenvalue weighted by atomic mass is 9.95. The van der Waals surface area contributed by atoms with Gasteiger partial charge in [0.15, 0.2) is 5.78 Å². The van der Waals surface area contributed by atoms with Crippen molar-refractivity contribution in [3.63, 3.8) is 0 Å². The van der Waals surface area contributed by atoms with Crippen LogP contribution in [0.15, 0.2) is 55.1 Å². The van der Waals surface area contributed by atoms with Gasteiger partial charge in [-0.05, 0) is 61.1 Å². The molecule has 0 saturated carbocycles. The van der Waals surface area contributed by atoms with Crippen LogP contribution in [-0.4, -0.2) is 33.9 Å². The lowest BCUT2D eigenvalue weighted by Gasteiger charge is -2.21. The van der Waals surface area contributed by atoms with Crippen molar-refractivity contribution >= 4 is 28.8 Å². The zero-order valence-corrected chi connectivity index (χ0v) is 17.3. The molecule has 1 aromatic carbocycles. The maximum Gasteiger partial charge on any atom is 0.187 e. The number of anilines is 2. The number of ketones is 1. The molecular weight excluding hydrogens is 400 g/mol. The Balaban J connectivity index is 1.41. The molecule has 1 fully saturated rings. The van der Waals surface area contributed by atoms with Crippen LogP contribution >= 0.6 is 11.6 Å². The number of rotatable bonds is 7. The zero-order chi connectivity index (χ0) is 20.8. The Hall–Kier alpha value is -2.83. The fourth-order valence-electron chi connectivity index (χ4n) is 3.49. The minimum atomic E-state index is -0.0783. The molecule has 6 nitrogen and oxygen atoms in total. The number of pyridine rings is 1. The first-order valence-electron chi connectivity index (χ1n) is 10.0. The highest BCUT2D eigenvalue weighted by molar-refractivity contribution is 6.30. The fraction of sp³-hybridized carbons (Fsp3) is 0.304. The summed E-state index contributed by atoms with van der Waals surface area (Å²) in [6.07, 6.45) is 9.89. The van der Waals surface area contributed by atoms with Crippen LogP contribution in [-0.2, 0) is 17.6 Å². The summed E-state index contributed by atoms with van der Waals surface area (Å²) in [7, 11) is 0. The van der Waals surface area contributed by atoms with Crippen molar-refractivity contribution in [1.29, 1.82) is 0 Å². The van der Waals surface area contributed by atoms with Gasteiger partial charge < -0.3 is 10.1 Å². The summed E-state index contributed by atoms with van der Waals surface area (Å²) < 4.78 is 5.40. The van der Waals surface area contributed by atoms with Gasteiger partial charge in [-0.2, -0.15) is 0 Å². The van der Waals surface area contributed by atoms with Crippen LogP contribution in [0.4, 0.5) is 11.4 Å². The Labute approximate surface area is 180 Å². The number of ether oxygens (including phenoxy) is 1. The van der Waals surface area contributed by atoms with E-state index in [9.17, 15) is 4.79 Å². The van der Waals surface area contributed by atoms with Crippen LogP contribution < -0.4 is 5.32 Å². The summed E-state index contributed by atoms with van der Waals surface area (Å²) in [5.41, 5.74) is 3.79. The number of aromatic nitrogens is 3. The third-order valence-corrected chi connectivity index (χ3v) is 5.47. The molecule has 1 aliphatic heterocycles. The average molecular weight is 423 g/mol. The number of nitrogens with zero attached hydrogens (tertiary/aromatic N) is 3. The van der Waals surface area contributed by atoms with Gasteiger partial charge in [0.25, 0.3) is 0 Å². The van der Waals surface area contributed by atoms with Gasteiger partial charge >= 0.3 is 0 Å². The molecule has 2 aromatic heterocycles. The molecule has 0 amide bonds.